The summed E-state index contributed by atoms with van der Waals surface area (Å²) in [5.41, 5.74) is 2.93. The van der Waals surface area contributed by atoms with Gasteiger partial charge in [0.1, 0.15) is 6.04 Å². The first kappa shape index (κ1) is 27.8. The van der Waals surface area contributed by atoms with Gasteiger partial charge in [-0.3, -0.25) is 9.59 Å². The Balaban J connectivity index is 1.30. The highest BCUT2D eigenvalue weighted by atomic mass is 35.5. The number of halogens is 1. The van der Waals surface area contributed by atoms with E-state index in [1.807, 2.05) is 12.1 Å². The smallest absolute Gasteiger partial charge is 0.255 e. The fourth-order valence-corrected chi connectivity index (χ4v) is 5.03. The minimum Gasteiger partial charge on any atom is -0.481 e. The lowest BCUT2D eigenvalue weighted by atomic mass is 10.0. The molecule has 40 heavy (non-hydrogen) atoms. The number of fused-ring (bicyclic) bond motifs is 1. The van der Waals surface area contributed by atoms with Crippen molar-refractivity contribution in [2.75, 3.05) is 32.2 Å². The molecule has 0 aliphatic carbocycles. The van der Waals surface area contributed by atoms with Gasteiger partial charge in [-0.1, -0.05) is 29.8 Å². The van der Waals surface area contributed by atoms with Crippen LogP contribution in [0.1, 0.15) is 47.4 Å². The Morgan fingerprint density at radius 2 is 2.05 bits per heavy atom. The first-order valence-corrected chi connectivity index (χ1v) is 13.5. The number of aromatic nitrogens is 3. The Hall–Kier alpha value is -3.80. The van der Waals surface area contributed by atoms with E-state index in [0.29, 0.717) is 52.6 Å². The molecule has 11 nitrogen and oxygen atoms in total. The van der Waals surface area contributed by atoms with Crippen molar-refractivity contribution in [2.24, 2.45) is 0 Å². The topological polar surface area (TPSA) is 139 Å². The molecule has 1 aromatic carbocycles. The van der Waals surface area contributed by atoms with Gasteiger partial charge in [-0.15, -0.1) is 0 Å². The average molecular weight is 567 g/mol. The number of hydrogen-bond donors (Lipinski definition) is 3. The zero-order valence-corrected chi connectivity index (χ0v) is 23.0. The maximum Gasteiger partial charge on any atom is 0.255 e. The van der Waals surface area contributed by atoms with E-state index in [9.17, 15) is 14.7 Å². The van der Waals surface area contributed by atoms with Crippen LogP contribution in [0.2, 0.25) is 5.02 Å². The van der Waals surface area contributed by atoms with Crippen LogP contribution >= 0.6 is 11.6 Å². The van der Waals surface area contributed by atoms with Crippen molar-refractivity contribution in [2.45, 2.75) is 44.4 Å². The Labute approximate surface area is 236 Å². The molecule has 1 fully saturated rings. The summed E-state index contributed by atoms with van der Waals surface area (Å²) in [7, 11) is 1.49. The van der Waals surface area contributed by atoms with E-state index in [1.54, 1.807) is 37.4 Å². The molecule has 2 aromatic heterocycles. The Kier molecular flexibility index (Phi) is 8.43. The second kappa shape index (κ2) is 12.2. The lowest BCUT2D eigenvalue weighted by molar-refractivity contribution is -0.126. The first-order valence-electron chi connectivity index (χ1n) is 13.1. The summed E-state index contributed by atoms with van der Waals surface area (Å²) in [6.07, 6.45) is 3.28. The van der Waals surface area contributed by atoms with E-state index in [4.69, 9.17) is 21.1 Å². The molecule has 12 heteroatoms. The van der Waals surface area contributed by atoms with Crippen molar-refractivity contribution in [3.63, 3.8) is 0 Å². The van der Waals surface area contributed by atoms with E-state index in [2.05, 4.69) is 25.6 Å². The van der Waals surface area contributed by atoms with Gasteiger partial charge in [0.25, 0.3) is 5.91 Å². The quantitative estimate of drug-likeness (QED) is 0.357. The maximum absolute atomic E-state index is 13.4. The highest BCUT2D eigenvalue weighted by Gasteiger charge is 2.35. The predicted octanol–water partition coefficient (Wildman–Crippen LogP) is 2.99. The zero-order valence-electron chi connectivity index (χ0n) is 22.3. The van der Waals surface area contributed by atoms with Crippen LogP contribution in [0.5, 0.6) is 5.88 Å². The molecule has 1 saturated heterocycles. The summed E-state index contributed by atoms with van der Waals surface area (Å²) < 4.78 is 10.6. The summed E-state index contributed by atoms with van der Waals surface area (Å²) in [4.78, 5) is 41.3. The number of carbonyl (C=O) groups excluding carboxylic acids is 2. The van der Waals surface area contributed by atoms with Gasteiger partial charge < -0.3 is 30.1 Å². The van der Waals surface area contributed by atoms with Gasteiger partial charge in [0.05, 0.1) is 42.4 Å². The number of hydrogen-bond acceptors (Lipinski definition) is 9. The fraction of sp³-hybridized carbons (Fsp3) is 0.393. The third kappa shape index (κ3) is 5.86. The minimum atomic E-state index is -0.791. The van der Waals surface area contributed by atoms with Gasteiger partial charge in [0.2, 0.25) is 17.7 Å². The van der Waals surface area contributed by atoms with Crippen molar-refractivity contribution >= 4 is 29.4 Å². The number of nitrogens with zero attached hydrogens (tertiary/aromatic N) is 4. The van der Waals surface area contributed by atoms with Crippen molar-refractivity contribution in [3.05, 3.63) is 64.4 Å². The third-order valence-corrected chi connectivity index (χ3v) is 7.45. The van der Waals surface area contributed by atoms with E-state index in [0.717, 1.165) is 18.4 Å². The molecular weight excluding hydrogens is 536 g/mol. The highest BCUT2D eigenvalue weighted by Crippen LogP contribution is 2.32. The normalized spacial score (nSPS) is 16.8. The van der Waals surface area contributed by atoms with Crippen molar-refractivity contribution in [3.8, 4) is 17.1 Å². The molecule has 5 rings (SSSR count). The number of benzene rings is 1. The number of rotatable bonds is 9. The van der Waals surface area contributed by atoms with Gasteiger partial charge in [0.15, 0.2) is 0 Å². The van der Waals surface area contributed by atoms with Crippen LogP contribution in [0.4, 0.5) is 5.95 Å². The number of aliphatic hydroxyl groups excluding tert-OH is 1. The highest BCUT2D eigenvalue weighted by molar-refractivity contribution is 6.33. The molecule has 4 heterocycles. The molecule has 2 unspecified atom stereocenters. The predicted molar refractivity (Wildman–Crippen MR) is 148 cm³/mol. The van der Waals surface area contributed by atoms with Gasteiger partial charge in [-0.2, -0.15) is 0 Å². The number of carbonyl (C=O) groups is 2. The molecule has 0 spiro atoms. The second-order valence-corrected chi connectivity index (χ2v) is 10.2. The molecule has 2 aliphatic rings. The van der Waals surface area contributed by atoms with Crippen LogP contribution in [0.25, 0.3) is 11.3 Å². The van der Waals surface area contributed by atoms with Crippen LogP contribution in [-0.4, -0.2) is 75.8 Å². The van der Waals surface area contributed by atoms with E-state index in [-0.39, 0.29) is 25.1 Å². The molecule has 3 aromatic rings. The van der Waals surface area contributed by atoms with Crippen LogP contribution < -0.4 is 15.4 Å². The van der Waals surface area contributed by atoms with E-state index >= 15 is 0 Å². The third-order valence-electron chi connectivity index (χ3n) is 7.17. The largest absolute Gasteiger partial charge is 0.481 e. The van der Waals surface area contributed by atoms with Gasteiger partial charge in [-0.25, -0.2) is 15.0 Å². The number of methoxy groups -OCH3 is 1. The average Bonchev–Trinajstić information content (AvgIpc) is 3.32. The summed E-state index contributed by atoms with van der Waals surface area (Å²) in [5.74, 6) is 0.154. The number of ether oxygens (including phenoxy) is 2. The first-order chi connectivity index (χ1) is 19.4. The van der Waals surface area contributed by atoms with Gasteiger partial charge >= 0.3 is 0 Å². The maximum atomic E-state index is 13.4. The standard InChI is InChI=1S/C28H31ClN6O5/c1-16(26(37)33-23(15-36)22-4-3-5-24(32-22)39-2)35-14-18-7-6-17(12-20(18)27(35)38)25-21(29)13-30-28(34-25)31-19-8-10-40-11-9-19/h3-7,12-13,16,19,23,36H,8-11,14-15H2,1-2H3,(H,33,37)(H,30,31,34). The van der Waals surface area contributed by atoms with Crippen molar-refractivity contribution in [1.29, 1.82) is 0 Å². The summed E-state index contributed by atoms with van der Waals surface area (Å²) in [6.45, 7) is 2.95. The van der Waals surface area contributed by atoms with Crippen molar-refractivity contribution in [1.82, 2.24) is 25.2 Å². The number of nitrogens with one attached hydrogen (secondary N) is 2. The fourth-order valence-electron chi connectivity index (χ4n) is 4.83. The summed E-state index contributed by atoms with van der Waals surface area (Å²) in [6, 6.07) is 9.25. The van der Waals surface area contributed by atoms with Gasteiger partial charge in [0, 0.05) is 43.0 Å². The lowest BCUT2D eigenvalue weighted by Crippen LogP contribution is -2.46. The molecule has 0 radical (unpaired) electrons. The van der Waals surface area contributed by atoms with E-state index in [1.165, 1.54) is 12.0 Å². The lowest BCUT2D eigenvalue weighted by Gasteiger charge is -2.25. The van der Waals surface area contributed by atoms with Crippen LogP contribution in [0.15, 0.2) is 42.6 Å². The number of amides is 2. The summed E-state index contributed by atoms with van der Waals surface area (Å²) in [5, 5.41) is 16.4. The molecule has 210 valence electrons. The number of pyridine rings is 1. The van der Waals surface area contributed by atoms with Crippen LogP contribution in [0.3, 0.4) is 0 Å². The van der Waals surface area contributed by atoms with Gasteiger partial charge in [-0.05, 0) is 37.5 Å². The molecule has 2 aliphatic heterocycles. The van der Waals surface area contributed by atoms with E-state index < -0.39 is 18.0 Å². The second-order valence-electron chi connectivity index (χ2n) is 9.75. The molecule has 2 atom stereocenters. The number of aliphatic hydroxyl groups is 1. The Morgan fingerprint density at radius 1 is 1.25 bits per heavy atom. The Bertz CT molecular complexity index is 1400. The summed E-state index contributed by atoms with van der Waals surface area (Å²) >= 11 is 6.46. The zero-order chi connectivity index (χ0) is 28.2. The number of anilines is 1. The Morgan fingerprint density at radius 3 is 2.80 bits per heavy atom. The molecule has 0 saturated carbocycles. The molecule has 3 N–H and O–H groups in total. The molecule has 2 amide bonds. The minimum absolute atomic E-state index is 0.218. The van der Waals surface area contributed by atoms with Crippen LogP contribution in [-0.2, 0) is 16.1 Å². The monoisotopic (exact) mass is 566 g/mol. The SMILES string of the molecule is COc1cccc(C(CO)NC(=O)C(C)N2Cc3ccc(-c4nc(NC5CCOCC5)ncc4Cl)cc3C2=O)n1. The molecule has 0 bridgehead atoms. The molecular formula is C28H31ClN6O5. The van der Waals surface area contributed by atoms with Crippen molar-refractivity contribution < 1.29 is 24.2 Å². The van der Waals surface area contributed by atoms with Crippen LogP contribution in [0, 0.1) is 0 Å².